The van der Waals surface area contributed by atoms with Crippen molar-refractivity contribution in [2.24, 2.45) is 23.7 Å². The number of rotatable bonds is 0. The predicted molar refractivity (Wildman–Crippen MR) is 437 cm³/mol. The molecular weight excluding hydrogens is 1180 g/mol. The highest BCUT2D eigenvalue weighted by molar-refractivity contribution is 5.97. The Morgan fingerprint density at radius 1 is 0.260 bits per heavy atom. The van der Waals surface area contributed by atoms with E-state index in [1.807, 2.05) is 180 Å². The summed E-state index contributed by atoms with van der Waals surface area (Å²) in [5.41, 5.74) is 4.56. The largest absolute Gasteiger partial charge is 0.346 e. The molecule has 9 nitrogen and oxygen atoms in total. The van der Waals surface area contributed by atoms with Crippen LogP contribution in [0.15, 0.2) is 48.6 Å². The Morgan fingerprint density at radius 2 is 0.521 bits per heavy atom. The number of Topliss-reactive ketones (excluding diaryl/α,β-unsaturated/α-hetero) is 4. The van der Waals surface area contributed by atoms with Gasteiger partial charge in [-0.15, -0.1) is 0 Å². The number of amides is 2. The lowest BCUT2D eigenvalue weighted by Crippen LogP contribution is -2.17. The van der Waals surface area contributed by atoms with Crippen LogP contribution in [0.4, 0.5) is 0 Å². The highest BCUT2D eigenvalue weighted by Gasteiger charge is 2.20. The van der Waals surface area contributed by atoms with Crippen molar-refractivity contribution in [3.63, 3.8) is 0 Å². The van der Waals surface area contributed by atoms with Crippen LogP contribution in [0, 0.1) is 23.7 Å². The van der Waals surface area contributed by atoms with E-state index in [1.165, 1.54) is 153 Å². The maximum atomic E-state index is 10.6. The molecule has 3 heterocycles. The maximum absolute atomic E-state index is 10.6. The van der Waals surface area contributed by atoms with E-state index in [2.05, 4.69) is 52.1 Å². The molecular formula is C87H179N3O6. The van der Waals surface area contributed by atoms with Crippen molar-refractivity contribution >= 4 is 34.9 Å². The maximum Gasteiger partial charge on any atom is 0.222 e. The van der Waals surface area contributed by atoms with Gasteiger partial charge in [0.05, 0.1) is 0 Å². The minimum atomic E-state index is 0.264. The Hall–Kier alpha value is -3.46. The first-order valence-electron chi connectivity index (χ1n) is 41.3. The van der Waals surface area contributed by atoms with E-state index in [0.29, 0.717) is 35.2 Å². The van der Waals surface area contributed by atoms with Gasteiger partial charge in [-0.2, -0.15) is 0 Å². The van der Waals surface area contributed by atoms with Gasteiger partial charge in [0.25, 0.3) is 0 Å². The lowest BCUT2D eigenvalue weighted by molar-refractivity contribution is -0.127. The van der Waals surface area contributed by atoms with Gasteiger partial charge >= 0.3 is 0 Å². The molecule has 0 spiro atoms. The fraction of sp³-hybridized carbons (Fsp3) is 0.839. The van der Waals surface area contributed by atoms with Crippen molar-refractivity contribution in [1.82, 2.24) is 14.7 Å². The summed E-state index contributed by atoms with van der Waals surface area (Å²) in [5, 5.41) is 0. The molecule has 11 fully saturated rings. The average Bonchev–Trinajstić information content (AvgIpc) is 4.46. The van der Waals surface area contributed by atoms with E-state index in [-0.39, 0.29) is 11.6 Å². The molecule has 3 aliphatic heterocycles. The molecule has 8 saturated carbocycles. The molecule has 2 unspecified atom stereocenters. The van der Waals surface area contributed by atoms with Gasteiger partial charge in [-0.1, -0.05) is 282 Å². The quantitative estimate of drug-likeness (QED) is 0.175. The fourth-order valence-corrected chi connectivity index (χ4v) is 10.3. The van der Waals surface area contributed by atoms with Crippen LogP contribution in [-0.4, -0.2) is 97.0 Å². The van der Waals surface area contributed by atoms with E-state index in [1.54, 1.807) is 9.80 Å². The second kappa shape index (κ2) is 97.9. The molecule has 3 saturated heterocycles. The fourth-order valence-electron chi connectivity index (χ4n) is 10.3. The summed E-state index contributed by atoms with van der Waals surface area (Å²) in [5.74, 6) is 4.86. The Bertz CT molecular complexity index is 1480. The Balaban J connectivity index is -0.0000000894. The Morgan fingerprint density at radius 3 is 0.604 bits per heavy atom. The smallest absolute Gasteiger partial charge is 0.222 e. The van der Waals surface area contributed by atoms with Crippen LogP contribution >= 0.6 is 0 Å². The highest BCUT2D eigenvalue weighted by Crippen LogP contribution is 2.25. The summed E-state index contributed by atoms with van der Waals surface area (Å²) in [6.45, 7) is 72.2. The molecule has 2 amide bonds. The van der Waals surface area contributed by atoms with Gasteiger partial charge in [0.15, 0.2) is 11.6 Å². The summed E-state index contributed by atoms with van der Waals surface area (Å²) in [4.78, 5) is 69.0. The van der Waals surface area contributed by atoms with Gasteiger partial charge in [-0.05, 0) is 172 Å². The molecule has 0 N–H and O–H groups in total. The number of carbonyl (C=O) groups excluding carboxylic acids is 6. The lowest BCUT2D eigenvalue weighted by Gasteiger charge is -2.15. The third kappa shape index (κ3) is 83.0. The standard InChI is InChI=1S/C7H14.C7H12.2C6H10O.2C6H8O.C6H12.C6H10.2C5H9NO.C5H11N.11C2H6/c2*1-7-5-3-2-4-6-7;4*1-5-3-2-4-6(5)7;2*1-6-4-2-3-5-6;2*1-6-4-2-3-5(6)7;1-6-4-2-3-5-6;11*1-2/h7H,2-6H2,1H3;1-6H2;2*5H,2-4H2,1H3;2*1-4H2;6H,2-5H2,1H3;1-5H2;2*2-4H2,1H3;2-5H2,1H3;11*1-2H3. The van der Waals surface area contributed by atoms with Crippen LogP contribution in [0.3, 0.4) is 0 Å². The molecule has 0 aromatic heterocycles. The third-order valence-corrected chi connectivity index (χ3v) is 16.1. The van der Waals surface area contributed by atoms with Crippen molar-refractivity contribution in [3.05, 3.63) is 48.6 Å². The zero-order valence-corrected chi connectivity index (χ0v) is 71.2. The molecule has 11 rings (SSSR count). The molecule has 96 heavy (non-hydrogen) atoms. The Labute approximate surface area is 606 Å². The minimum Gasteiger partial charge on any atom is -0.346 e. The zero-order chi connectivity index (χ0) is 77.1. The molecule has 8 aliphatic carbocycles. The van der Waals surface area contributed by atoms with Crippen molar-refractivity contribution in [2.75, 3.05) is 47.3 Å². The van der Waals surface area contributed by atoms with E-state index >= 15 is 0 Å². The van der Waals surface area contributed by atoms with E-state index in [0.717, 1.165) is 139 Å². The van der Waals surface area contributed by atoms with Crippen LogP contribution in [0.25, 0.3) is 0 Å². The van der Waals surface area contributed by atoms with Crippen LogP contribution < -0.4 is 0 Å². The second-order valence-electron chi connectivity index (χ2n) is 23.5. The summed E-state index contributed by atoms with van der Waals surface area (Å²) >= 11 is 0. The van der Waals surface area contributed by atoms with E-state index in [4.69, 9.17) is 0 Å². The van der Waals surface area contributed by atoms with Crippen LogP contribution in [0.1, 0.15) is 411 Å². The third-order valence-electron chi connectivity index (χ3n) is 16.1. The molecule has 11 aliphatic rings. The summed E-state index contributed by atoms with van der Waals surface area (Å²) in [7, 11) is 5.86. The van der Waals surface area contributed by atoms with Crippen molar-refractivity contribution in [1.29, 1.82) is 0 Å². The predicted octanol–water partition coefficient (Wildman–Crippen LogP) is 27.2. The number of hydrogen-bond acceptors (Lipinski definition) is 7. The summed E-state index contributed by atoms with van der Waals surface area (Å²) < 4.78 is 0. The highest BCUT2D eigenvalue weighted by atomic mass is 16.2. The molecule has 0 bridgehead atoms. The van der Waals surface area contributed by atoms with Gasteiger partial charge < -0.3 is 14.7 Å². The van der Waals surface area contributed by atoms with E-state index < -0.39 is 0 Å². The average molecular weight is 1360 g/mol. The minimum absolute atomic E-state index is 0.264. The van der Waals surface area contributed by atoms with Crippen molar-refractivity contribution in [2.45, 2.75) is 411 Å². The summed E-state index contributed by atoms with van der Waals surface area (Å²) in [6, 6.07) is 0. The number of ketones is 4. The normalized spacial score (nSPS) is 19.6. The molecule has 0 aromatic rings. The Kier molecular flexibility index (Phi) is 119. The molecule has 2 atom stereocenters. The van der Waals surface area contributed by atoms with Gasteiger partial charge in [-0.25, -0.2) is 0 Å². The van der Waals surface area contributed by atoms with Gasteiger partial charge in [0.2, 0.25) is 11.8 Å². The van der Waals surface area contributed by atoms with E-state index in [9.17, 15) is 28.8 Å². The number of allylic oxidation sites excluding steroid dienone is 4. The first-order chi connectivity index (χ1) is 46.3. The second-order valence-corrected chi connectivity index (χ2v) is 23.5. The first-order valence-corrected chi connectivity index (χ1v) is 41.3. The first kappa shape index (κ1) is 117. The molecule has 578 valence electrons. The zero-order valence-electron chi connectivity index (χ0n) is 71.2. The SMILES string of the molecule is C=C1CCCC1.C=C1CCCC1=O.C=C1CCCC1=O.C=C1CCCCC1.CC.CC.CC.CC.CC.CC.CC.CC.CC.CC.CC.CC1CCCC1.CC1CCCC1=O.CC1CCCC1=O.CC1CCCCC1.CN1CCCC1.CN1CCCC1=O.CN1CCCC1=O. The number of likely N-dealkylation sites (tertiary alicyclic amines) is 3. The van der Waals surface area contributed by atoms with Crippen molar-refractivity contribution < 1.29 is 28.8 Å². The van der Waals surface area contributed by atoms with Crippen LogP contribution in [-0.2, 0) is 28.8 Å². The van der Waals surface area contributed by atoms with Crippen LogP contribution in [0.5, 0.6) is 0 Å². The topological polar surface area (TPSA) is 112 Å². The molecule has 0 radical (unpaired) electrons. The van der Waals surface area contributed by atoms with Crippen LogP contribution in [0.2, 0.25) is 0 Å². The number of carbonyl (C=O) groups is 6. The van der Waals surface area contributed by atoms with Gasteiger partial charge in [-0.3, -0.25) is 28.8 Å². The van der Waals surface area contributed by atoms with Crippen molar-refractivity contribution in [3.8, 4) is 0 Å². The summed E-state index contributed by atoms with van der Waals surface area (Å²) in [6.07, 6.45) is 43.5. The number of hydrogen-bond donors (Lipinski definition) is 0. The monoisotopic (exact) mass is 1360 g/mol. The van der Waals surface area contributed by atoms with Gasteiger partial charge in [0.1, 0.15) is 11.6 Å². The number of nitrogens with zero attached hydrogens (tertiary/aromatic N) is 3. The van der Waals surface area contributed by atoms with Gasteiger partial charge in [0, 0.05) is 77.5 Å². The molecule has 0 aromatic carbocycles. The molecule has 9 heteroatoms. The lowest BCUT2D eigenvalue weighted by atomic mass is 9.91.